The Balaban J connectivity index is 0.00000132. The third-order valence-corrected chi connectivity index (χ3v) is 3.23. The highest BCUT2D eigenvalue weighted by Crippen LogP contribution is 2.08. The van der Waals surface area contributed by atoms with Gasteiger partial charge in [-0.3, -0.25) is 14.5 Å². The molecule has 0 spiro atoms. The Hall–Kier alpha value is -1.67. The predicted octanol–water partition coefficient (Wildman–Crippen LogP) is 1.10. The Morgan fingerprint density at radius 3 is 2.87 bits per heavy atom. The van der Waals surface area contributed by atoms with Gasteiger partial charge in [0.25, 0.3) is 0 Å². The lowest BCUT2D eigenvalue weighted by Gasteiger charge is -2.22. The standard InChI is InChI=1S/C14H17N5O2.2ClH/c20-14(13-10-21-6-5-16-13)18-12-7-17-19(9-12)8-11-1-3-15-4-2-11;;/h1-4,7,9,13,16H,5-6,8,10H2,(H,18,20);2*1H. The number of amides is 1. The fraction of sp³-hybridized carbons (Fsp3) is 0.357. The third-order valence-electron chi connectivity index (χ3n) is 3.23. The summed E-state index contributed by atoms with van der Waals surface area (Å²) >= 11 is 0. The number of hydrogen-bond donors (Lipinski definition) is 2. The highest BCUT2D eigenvalue weighted by Gasteiger charge is 2.21. The lowest BCUT2D eigenvalue weighted by atomic mass is 10.2. The second-order valence-corrected chi connectivity index (χ2v) is 4.85. The smallest absolute Gasteiger partial charge is 0.243 e. The number of hydrogen-bond acceptors (Lipinski definition) is 5. The van der Waals surface area contributed by atoms with E-state index in [0.717, 1.165) is 5.56 Å². The van der Waals surface area contributed by atoms with Crippen molar-refractivity contribution in [1.29, 1.82) is 0 Å². The zero-order valence-electron chi connectivity index (χ0n) is 12.3. The summed E-state index contributed by atoms with van der Waals surface area (Å²) in [5, 5.41) is 10.2. The molecule has 0 radical (unpaired) electrons. The molecule has 23 heavy (non-hydrogen) atoms. The third kappa shape index (κ3) is 5.47. The van der Waals surface area contributed by atoms with E-state index in [-0.39, 0.29) is 36.8 Å². The number of pyridine rings is 1. The number of carbonyl (C=O) groups excluding carboxylic acids is 1. The van der Waals surface area contributed by atoms with Crippen LogP contribution in [0.2, 0.25) is 0 Å². The van der Waals surface area contributed by atoms with Crippen molar-refractivity contribution in [3.8, 4) is 0 Å². The van der Waals surface area contributed by atoms with E-state index < -0.39 is 0 Å². The van der Waals surface area contributed by atoms with Crippen molar-refractivity contribution in [3.63, 3.8) is 0 Å². The predicted molar refractivity (Wildman–Crippen MR) is 91.3 cm³/mol. The molecule has 0 aromatic carbocycles. The first-order valence-electron chi connectivity index (χ1n) is 6.84. The minimum absolute atomic E-state index is 0. The largest absolute Gasteiger partial charge is 0.378 e. The Bertz CT molecular complexity index is 602. The lowest BCUT2D eigenvalue weighted by Crippen LogP contribution is -2.48. The van der Waals surface area contributed by atoms with Gasteiger partial charge in [-0.05, 0) is 17.7 Å². The summed E-state index contributed by atoms with van der Waals surface area (Å²) in [6.45, 7) is 2.38. The molecule has 1 atom stereocenters. The first-order valence-corrected chi connectivity index (χ1v) is 6.84. The van der Waals surface area contributed by atoms with Crippen LogP contribution in [0.3, 0.4) is 0 Å². The Morgan fingerprint density at radius 1 is 1.39 bits per heavy atom. The number of nitrogens with one attached hydrogen (secondary N) is 2. The second kappa shape index (κ2) is 9.46. The van der Waals surface area contributed by atoms with Crippen molar-refractivity contribution in [3.05, 3.63) is 42.5 Å². The summed E-state index contributed by atoms with van der Waals surface area (Å²) in [5.41, 5.74) is 1.79. The summed E-state index contributed by atoms with van der Waals surface area (Å²) in [6, 6.07) is 3.56. The van der Waals surface area contributed by atoms with Crippen molar-refractivity contribution in [2.45, 2.75) is 12.6 Å². The molecule has 0 saturated carbocycles. The molecule has 7 nitrogen and oxygen atoms in total. The van der Waals surface area contributed by atoms with Gasteiger partial charge in [0, 0.05) is 25.1 Å². The van der Waals surface area contributed by atoms with Gasteiger partial charge in [-0.25, -0.2) is 0 Å². The van der Waals surface area contributed by atoms with Crippen LogP contribution in [-0.4, -0.2) is 46.5 Å². The molecule has 3 rings (SSSR count). The van der Waals surface area contributed by atoms with Gasteiger partial charge in [-0.2, -0.15) is 5.10 Å². The van der Waals surface area contributed by atoms with Gasteiger partial charge >= 0.3 is 0 Å². The number of nitrogens with zero attached hydrogens (tertiary/aromatic N) is 3. The molecule has 126 valence electrons. The maximum atomic E-state index is 12.0. The summed E-state index contributed by atoms with van der Waals surface area (Å²) < 4.78 is 7.05. The van der Waals surface area contributed by atoms with Crippen LogP contribution in [0.15, 0.2) is 36.9 Å². The monoisotopic (exact) mass is 359 g/mol. The second-order valence-electron chi connectivity index (χ2n) is 4.85. The van der Waals surface area contributed by atoms with Crippen LogP contribution in [0.5, 0.6) is 0 Å². The van der Waals surface area contributed by atoms with Crippen molar-refractivity contribution in [1.82, 2.24) is 20.1 Å². The van der Waals surface area contributed by atoms with Gasteiger partial charge in [0.15, 0.2) is 0 Å². The van der Waals surface area contributed by atoms with Gasteiger partial charge < -0.3 is 15.4 Å². The Morgan fingerprint density at radius 2 is 2.17 bits per heavy atom. The molecule has 3 heterocycles. The molecule has 2 aromatic heterocycles. The van der Waals surface area contributed by atoms with Crippen LogP contribution in [0.4, 0.5) is 5.69 Å². The molecule has 1 aliphatic rings. The molecule has 9 heteroatoms. The number of morpholine rings is 1. The number of rotatable bonds is 4. The van der Waals surface area contributed by atoms with E-state index in [0.29, 0.717) is 32.0 Å². The van der Waals surface area contributed by atoms with Crippen LogP contribution < -0.4 is 10.6 Å². The average molecular weight is 360 g/mol. The zero-order valence-corrected chi connectivity index (χ0v) is 14.0. The maximum absolute atomic E-state index is 12.0. The Labute approximate surface area is 146 Å². The van der Waals surface area contributed by atoms with E-state index in [1.54, 1.807) is 23.3 Å². The minimum Gasteiger partial charge on any atom is -0.378 e. The minimum atomic E-state index is -0.303. The fourth-order valence-corrected chi connectivity index (χ4v) is 2.15. The van der Waals surface area contributed by atoms with Crippen molar-refractivity contribution < 1.29 is 9.53 Å². The highest BCUT2D eigenvalue weighted by molar-refractivity contribution is 5.94. The highest BCUT2D eigenvalue weighted by atomic mass is 35.5. The summed E-state index contributed by atoms with van der Waals surface area (Å²) in [4.78, 5) is 16.0. The Kier molecular flexibility index (Phi) is 7.97. The van der Waals surface area contributed by atoms with E-state index in [1.165, 1.54) is 0 Å². The average Bonchev–Trinajstić information content (AvgIpc) is 2.96. The molecule has 2 aromatic rings. The van der Waals surface area contributed by atoms with Gasteiger partial charge in [-0.1, -0.05) is 0 Å². The number of carbonyl (C=O) groups is 1. The van der Waals surface area contributed by atoms with Gasteiger partial charge in [0.2, 0.25) is 5.91 Å². The van der Waals surface area contributed by atoms with E-state index >= 15 is 0 Å². The van der Waals surface area contributed by atoms with Crippen LogP contribution in [0.25, 0.3) is 0 Å². The van der Waals surface area contributed by atoms with Crippen LogP contribution >= 0.6 is 24.8 Å². The maximum Gasteiger partial charge on any atom is 0.243 e. The number of ether oxygens (including phenoxy) is 1. The van der Waals surface area contributed by atoms with Gasteiger partial charge in [0.1, 0.15) is 6.04 Å². The quantitative estimate of drug-likeness (QED) is 0.854. The molecule has 1 saturated heterocycles. The van der Waals surface area contributed by atoms with Crippen LogP contribution in [0, 0.1) is 0 Å². The van der Waals surface area contributed by atoms with Crippen molar-refractivity contribution >= 4 is 36.4 Å². The van der Waals surface area contributed by atoms with E-state index in [4.69, 9.17) is 4.74 Å². The molecular formula is C14H19Cl2N5O2. The van der Waals surface area contributed by atoms with Crippen molar-refractivity contribution in [2.24, 2.45) is 0 Å². The molecule has 1 fully saturated rings. The molecule has 1 unspecified atom stereocenters. The summed E-state index contributed by atoms with van der Waals surface area (Å²) in [5.74, 6) is -0.0989. The first-order chi connectivity index (χ1) is 10.3. The molecular weight excluding hydrogens is 341 g/mol. The summed E-state index contributed by atoms with van der Waals surface area (Å²) in [7, 11) is 0. The first kappa shape index (κ1) is 19.4. The molecule has 1 aliphatic heterocycles. The lowest BCUT2D eigenvalue weighted by molar-refractivity contribution is -0.120. The topological polar surface area (TPSA) is 81.1 Å². The van der Waals surface area contributed by atoms with Gasteiger partial charge in [-0.15, -0.1) is 24.8 Å². The fourth-order valence-electron chi connectivity index (χ4n) is 2.15. The molecule has 1 amide bonds. The van der Waals surface area contributed by atoms with E-state index in [9.17, 15) is 4.79 Å². The summed E-state index contributed by atoms with van der Waals surface area (Å²) in [6.07, 6.45) is 6.94. The van der Waals surface area contributed by atoms with E-state index in [2.05, 4.69) is 20.7 Å². The molecule has 0 bridgehead atoms. The van der Waals surface area contributed by atoms with Crippen LogP contribution in [0.1, 0.15) is 5.56 Å². The van der Waals surface area contributed by atoms with Crippen LogP contribution in [-0.2, 0) is 16.1 Å². The number of aromatic nitrogens is 3. The number of anilines is 1. The molecule has 2 N–H and O–H groups in total. The molecule has 0 aliphatic carbocycles. The van der Waals surface area contributed by atoms with Gasteiger partial charge in [0.05, 0.1) is 31.6 Å². The van der Waals surface area contributed by atoms with Crippen molar-refractivity contribution in [2.75, 3.05) is 25.1 Å². The zero-order chi connectivity index (χ0) is 14.5. The number of halogens is 2. The normalized spacial score (nSPS) is 16.8. The van der Waals surface area contributed by atoms with E-state index in [1.807, 2.05) is 18.3 Å². The SMILES string of the molecule is Cl.Cl.O=C(Nc1cnn(Cc2ccncc2)c1)C1COCCN1.